The van der Waals surface area contributed by atoms with E-state index >= 15 is 0 Å². The van der Waals surface area contributed by atoms with Crippen molar-refractivity contribution in [3.63, 3.8) is 0 Å². The van der Waals surface area contributed by atoms with Gasteiger partial charge in [0, 0.05) is 5.57 Å². The molecule has 4 heteroatoms. The van der Waals surface area contributed by atoms with Gasteiger partial charge in [0.2, 0.25) is 0 Å². The van der Waals surface area contributed by atoms with Gasteiger partial charge in [-0.2, -0.15) is 0 Å². The van der Waals surface area contributed by atoms with Crippen LogP contribution in [0.2, 0.25) is 0 Å². The standard InChI is InChI=1S/C15H23NO3/c1-11(2)10-13(15(18)19)16-14(17)12-8-6-4-3-5-7-9-12/h6,8-9,11,13H,3-5,7,10H2,1-2H3,(H,16,17)(H,18,19)/t13-/m0/s1. The summed E-state index contributed by atoms with van der Waals surface area (Å²) < 4.78 is 0. The molecule has 1 rings (SSSR count). The van der Waals surface area contributed by atoms with Crippen LogP contribution in [-0.2, 0) is 9.59 Å². The Morgan fingerprint density at radius 3 is 2.63 bits per heavy atom. The van der Waals surface area contributed by atoms with E-state index in [9.17, 15) is 9.59 Å². The molecule has 0 aromatic heterocycles. The topological polar surface area (TPSA) is 66.4 Å². The van der Waals surface area contributed by atoms with Crippen LogP contribution >= 0.6 is 0 Å². The first-order valence-electron chi connectivity index (χ1n) is 6.91. The van der Waals surface area contributed by atoms with Crippen LogP contribution in [0.1, 0.15) is 46.0 Å². The zero-order valence-corrected chi connectivity index (χ0v) is 11.7. The summed E-state index contributed by atoms with van der Waals surface area (Å²) in [6.45, 7) is 3.88. The largest absolute Gasteiger partial charge is 0.480 e. The summed E-state index contributed by atoms with van der Waals surface area (Å²) in [7, 11) is 0. The lowest BCUT2D eigenvalue weighted by molar-refractivity contribution is -0.141. The van der Waals surface area contributed by atoms with Crippen LogP contribution in [0.5, 0.6) is 0 Å². The lowest BCUT2D eigenvalue weighted by atomic mass is 10.0. The molecule has 1 amide bonds. The van der Waals surface area contributed by atoms with Crippen molar-refractivity contribution < 1.29 is 14.7 Å². The molecule has 1 aliphatic carbocycles. The molecule has 0 bridgehead atoms. The van der Waals surface area contributed by atoms with Crippen molar-refractivity contribution >= 4 is 11.9 Å². The summed E-state index contributed by atoms with van der Waals surface area (Å²) in [6.07, 6.45) is 10.1. The molecule has 0 heterocycles. The summed E-state index contributed by atoms with van der Waals surface area (Å²) in [4.78, 5) is 23.2. The minimum Gasteiger partial charge on any atom is -0.480 e. The molecule has 0 fully saturated rings. The minimum atomic E-state index is -0.975. The molecule has 0 spiro atoms. The maximum atomic E-state index is 12.1. The molecule has 1 aliphatic rings. The molecule has 0 aromatic rings. The Bertz CT molecular complexity index is 383. The monoisotopic (exact) mass is 265 g/mol. The number of rotatable bonds is 5. The van der Waals surface area contributed by atoms with Crippen LogP contribution < -0.4 is 5.32 Å². The van der Waals surface area contributed by atoms with E-state index in [-0.39, 0.29) is 11.8 Å². The SMILES string of the molecule is CC(C)C[C@H](NC(=O)C1=CCCCCC=C1)C(=O)O. The van der Waals surface area contributed by atoms with Crippen LogP contribution in [0.15, 0.2) is 23.8 Å². The van der Waals surface area contributed by atoms with Crippen LogP contribution in [0, 0.1) is 5.92 Å². The lowest BCUT2D eigenvalue weighted by Crippen LogP contribution is -2.42. The minimum absolute atomic E-state index is 0.225. The molecule has 106 valence electrons. The molecule has 0 saturated heterocycles. The van der Waals surface area contributed by atoms with Crippen molar-refractivity contribution in [1.29, 1.82) is 0 Å². The number of amides is 1. The highest BCUT2D eigenvalue weighted by molar-refractivity contribution is 5.98. The van der Waals surface area contributed by atoms with Gasteiger partial charge < -0.3 is 10.4 Å². The van der Waals surface area contributed by atoms with E-state index in [1.54, 1.807) is 6.08 Å². The number of carboxylic acids is 1. The van der Waals surface area contributed by atoms with Crippen molar-refractivity contribution in [3.8, 4) is 0 Å². The van der Waals surface area contributed by atoms with Gasteiger partial charge in [0.05, 0.1) is 0 Å². The van der Waals surface area contributed by atoms with Gasteiger partial charge in [-0.3, -0.25) is 4.79 Å². The highest BCUT2D eigenvalue weighted by Crippen LogP contribution is 2.12. The molecule has 1 atom stereocenters. The second kappa shape index (κ2) is 7.77. The van der Waals surface area contributed by atoms with Crippen molar-refractivity contribution in [2.45, 2.75) is 52.0 Å². The van der Waals surface area contributed by atoms with E-state index in [2.05, 4.69) is 5.32 Å². The van der Waals surface area contributed by atoms with Gasteiger partial charge in [-0.15, -0.1) is 0 Å². The van der Waals surface area contributed by atoms with E-state index in [1.807, 2.05) is 26.0 Å². The lowest BCUT2D eigenvalue weighted by Gasteiger charge is -2.17. The second-order valence-corrected chi connectivity index (χ2v) is 5.34. The third-order valence-electron chi connectivity index (χ3n) is 3.06. The molecular formula is C15H23NO3. The number of aliphatic carboxylic acids is 1. The normalized spacial score (nSPS) is 17.3. The first-order valence-corrected chi connectivity index (χ1v) is 6.91. The summed E-state index contributed by atoms with van der Waals surface area (Å²) in [5.41, 5.74) is 0.578. The van der Waals surface area contributed by atoms with E-state index in [1.165, 1.54) is 0 Å². The number of carbonyl (C=O) groups is 2. The Labute approximate surface area is 114 Å². The predicted octanol–water partition coefficient (Wildman–Crippen LogP) is 2.66. The number of allylic oxidation sites excluding steroid dienone is 2. The Morgan fingerprint density at radius 2 is 2.00 bits per heavy atom. The predicted molar refractivity (Wildman–Crippen MR) is 74.7 cm³/mol. The van der Waals surface area contributed by atoms with Gasteiger partial charge in [-0.25, -0.2) is 4.79 Å². The quantitative estimate of drug-likeness (QED) is 0.803. The average Bonchev–Trinajstić information content (AvgIpc) is 2.26. The van der Waals surface area contributed by atoms with Crippen molar-refractivity contribution in [1.82, 2.24) is 5.32 Å². The Balaban J connectivity index is 2.67. The fourth-order valence-corrected chi connectivity index (χ4v) is 2.05. The van der Waals surface area contributed by atoms with Gasteiger partial charge >= 0.3 is 5.97 Å². The van der Waals surface area contributed by atoms with Crippen molar-refractivity contribution in [2.75, 3.05) is 0 Å². The third-order valence-corrected chi connectivity index (χ3v) is 3.06. The molecule has 2 N–H and O–H groups in total. The summed E-state index contributed by atoms with van der Waals surface area (Å²) in [5, 5.41) is 11.7. The summed E-state index contributed by atoms with van der Waals surface area (Å²) in [6, 6.07) is -0.813. The number of hydrogen-bond donors (Lipinski definition) is 2. The van der Waals surface area contributed by atoms with Gasteiger partial charge in [-0.05, 0) is 38.0 Å². The number of nitrogens with one attached hydrogen (secondary N) is 1. The molecule has 0 saturated carbocycles. The third kappa shape index (κ3) is 5.73. The van der Waals surface area contributed by atoms with Crippen LogP contribution in [0.4, 0.5) is 0 Å². The number of carbonyl (C=O) groups excluding carboxylic acids is 1. The van der Waals surface area contributed by atoms with Crippen LogP contribution in [0.3, 0.4) is 0 Å². The molecule has 0 unspecified atom stereocenters. The molecule has 19 heavy (non-hydrogen) atoms. The molecule has 0 aromatic carbocycles. The zero-order valence-electron chi connectivity index (χ0n) is 11.7. The fourth-order valence-electron chi connectivity index (χ4n) is 2.05. The van der Waals surface area contributed by atoms with Gasteiger partial charge in [0.1, 0.15) is 6.04 Å². The average molecular weight is 265 g/mol. The molecule has 0 radical (unpaired) electrons. The highest BCUT2D eigenvalue weighted by atomic mass is 16.4. The van der Waals surface area contributed by atoms with E-state index in [4.69, 9.17) is 5.11 Å². The van der Waals surface area contributed by atoms with Gasteiger partial charge in [-0.1, -0.05) is 32.1 Å². The summed E-state index contributed by atoms with van der Waals surface area (Å²) in [5.74, 6) is -1.04. The molecular weight excluding hydrogens is 242 g/mol. The first kappa shape index (κ1) is 15.5. The van der Waals surface area contributed by atoms with Crippen molar-refractivity contribution in [2.24, 2.45) is 5.92 Å². The smallest absolute Gasteiger partial charge is 0.326 e. The maximum absolute atomic E-state index is 12.1. The Hall–Kier alpha value is -1.58. The van der Waals surface area contributed by atoms with E-state index in [0.29, 0.717) is 12.0 Å². The van der Waals surface area contributed by atoms with Crippen LogP contribution in [0.25, 0.3) is 0 Å². The number of hydrogen-bond acceptors (Lipinski definition) is 2. The molecule has 4 nitrogen and oxygen atoms in total. The number of carboxylic acid groups (broad SMARTS) is 1. The van der Waals surface area contributed by atoms with Gasteiger partial charge in [0.25, 0.3) is 5.91 Å². The second-order valence-electron chi connectivity index (χ2n) is 5.34. The fraction of sp³-hybridized carbons (Fsp3) is 0.600. The van der Waals surface area contributed by atoms with E-state index < -0.39 is 12.0 Å². The van der Waals surface area contributed by atoms with Crippen molar-refractivity contribution in [3.05, 3.63) is 23.8 Å². The Morgan fingerprint density at radius 1 is 1.32 bits per heavy atom. The molecule has 0 aliphatic heterocycles. The highest BCUT2D eigenvalue weighted by Gasteiger charge is 2.22. The van der Waals surface area contributed by atoms with Crippen LogP contribution in [-0.4, -0.2) is 23.0 Å². The Kier molecular flexibility index (Phi) is 6.33. The summed E-state index contributed by atoms with van der Waals surface area (Å²) >= 11 is 0. The zero-order chi connectivity index (χ0) is 14.3. The van der Waals surface area contributed by atoms with E-state index in [0.717, 1.165) is 25.7 Å². The maximum Gasteiger partial charge on any atom is 0.326 e. The van der Waals surface area contributed by atoms with Gasteiger partial charge in [0.15, 0.2) is 0 Å². The first-order chi connectivity index (χ1) is 9.00.